The molecule has 0 aromatic heterocycles. The number of rotatable bonds is 2. The van der Waals surface area contributed by atoms with Crippen LogP contribution in [0, 0.1) is 0 Å². The Morgan fingerprint density at radius 2 is 1.61 bits per heavy atom. The van der Waals surface area contributed by atoms with Gasteiger partial charge in [0.05, 0.1) is 5.56 Å². The van der Waals surface area contributed by atoms with Gasteiger partial charge in [0.15, 0.2) is 0 Å². The van der Waals surface area contributed by atoms with Crippen molar-refractivity contribution in [2.45, 2.75) is 26.1 Å². The van der Waals surface area contributed by atoms with Crippen molar-refractivity contribution in [3.63, 3.8) is 0 Å². The zero-order valence-electron chi connectivity index (χ0n) is 10.8. The number of hydrogen-bond acceptors (Lipinski definition) is 2. The topological polar surface area (TPSA) is 12.5 Å². The van der Waals surface area contributed by atoms with E-state index >= 15 is 0 Å². The van der Waals surface area contributed by atoms with E-state index in [1.54, 1.807) is 0 Å². The molecule has 2 nitrogen and oxygen atoms in total. The van der Waals surface area contributed by atoms with Crippen molar-refractivity contribution in [2.24, 2.45) is 0 Å². The minimum Gasteiger partial charge on any atom is -0.488 e. The molecule has 0 radical (unpaired) electrons. The maximum Gasteiger partial charge on any atom is 0.416 e. The maximum atomic E-state index is 12.3. The van der Waals surface area contributed by atoms with Crippen LogP contribution < -0.4 is 4.74 Å². The van der Waals surface area contributed by atoms with Crippen molar-refractivity contribution in [3.8, 4) is 5.75 Å². The Kier molecular flexibility index (Phi) is 5.02. The molecule has 1 heterocycles. The molecule has 0 amide bonds. The molecular weight excluding hydrogens is 243 g/mol. The van der Waals surface area contributed by atoms with Crippen LogP contribution in [0.15, 0.2) is 24.3 Å². The number of ether oxygens (including phenoxy) is 1. The van der Waals surface area contributed by atoms with Gasteiger partial charge >= 0.3 is 6.18 Å². The Morgan fingerprint density at radius 3 is 2.00 bits per heavy atom. The normalized spacial score (nSPS) is 16.6. The third-order valence-corrected chi connectivity index (χ3v) is 2.52. The van der Waals surface area contributed by atoms with Crippen molar-refractivity contribution < 1.29 is 17.9 Å². The molecule has 18 heavy (non-hydrogen) atoms. The van der Waals surface area contributed by atoms with Gasteiger partial charge in [-0.1, -0.05) is 13.8 Å². The molecule has 1 aliphatic rings. The van der Waals surface area contributed by atoms with Crippen LogP contribution in [0.2, 0.25) is 0 Å². The zero-order valence-corrected chi connectivity index (χ0v) is 10.8. The van der Waals surface area contributed by atoms with Gasteiger partial charge in [0.25, 0.3) is 0 Å². The van der Waals surface area contributed by atoms with E-state index in [1.165, 1.54) is 12.1 Å². The zero-order chi connectivity index (χ0) is 13.8. The van der Waals surface area contributed by atoms with E-state index in [2.05, 4.69) is 4.90 Å². The van der Waals surface area contributed by atoms with Gasteiger partial charge < -0.3 is 4.74 Å². The monoisotopic (exact) mass is 261 g/mol. The summed E-state index contributed by atoms with van der Waals surface area (Å²) < 4.78 is 42.3. The van der Waals surface area contributed by atoms with Crippen LogP contribution in [-0.2, 0) is 6.18 Å². The van der Waals surface area contributed by atoms with E-state index in [4.69, 9.17) is 4.74 Å². The summed E-state index contributed by atoms with van der Waals surface area (Å²) in [4.78, 5) is 2.08. The molecule has 102 valence electrons. The molecule has 2 rings (SSSR count). The van der Waals surface area contributed by atoms with Gasteiger partial charge in [0.1, 0.15) is 11.9 Å². The van der Waals surface area contributed by atoms with Gasteiger partial charge in [-0.25, -0.2) is 0 Å². The quantitative estimate of drug-likeness (QED) is 0.808. The van der Waals surface area contributed by atoms with Gasteiger partial charge in [-0.3, -0.25) is 4.90 Å². The lowest BCUT2D eigenvalue weighted by Crippen LogP contribution is -2.51. The molecule has 1 fully saturated rings. The van der Waals surface area contributed by atoms with Crippen LogP contribution >= 0.6 is 0 Å². The Balaban J connectivity index is 0.000000771. The predicted octanol–water partition coefficient (Wildman–Crippen LogP) is 3.42. The number of alkyl halides is 3. The first-order valence-corrected chi connectivity index (χ1v) is 5.97. The first kappa shape index (κ1) is 14.8. The van der Waals surface area contributed by atoms with Crippen LogP contribution in [0.25, 0.3) is 0 Å². The minimum atomic E-state index is -4.28. The van der Waals surface area contributed by atoms with Crippen molar-refractivity contribution in [1.29, 1.82) is 0 Å². The van der Waals surface area contributed by atoms with Gasteiger partial charge in [-0.2, -0.15) is 13.2 Å². The lowest BCUT2D eigenvalue weighted by Gasteiger charge is -2.36. The highest BCUT2D eigenvalue weighted by Crippen LogP contribution is 2.30. The Hall–Kier alpha value is -1.23. The molecule has 0 atom stereocenters. The van der Waals surface area contributed by atoms with Gasteiger partial charge in [-0.05, 0) is 31.3 Å². The third-order valence-electron chi connectivity index (χ3n) is 2.52. The average Bonchev–Trinajstić information content (AvgIpc) is 2.29. The van der Waals surface area contributed by atoms with E-state index in [-0.39, 0.29) is 6.10 Å². The summed E-state index contributed by atoms with van der Waals surface area (Å²) in [6.45, 7) is 5.64. The van der Waals surface area contributed by atoms with Crippen LogP contribution in [0.4, 0.5) is 13.2 Å². The van der Waals surface area contributed by atoms with E-state index in [0.29, 0.717) is 5.75 Å². The molecule has 0 aliphatic carbocycles. The second-order valence-electron chi connectivity index (χ2n) is 3.98. The highest BCUT2D eigenvalue weighted by molar-refractivity contribution is 5.29. The fraction of sp³-hybridized carbons (Fsp3) is 0.538. The summed E-state index contributed by atoms with van der Waals surface area (Å²) in [5, 5.41) is 0. The maximum absolute atomic E-state index is 12.3. The number of likely N-dealkylation sites (N-methyl/N-ethyl adjacent to an activating group) is 1. The molecule has 1 aromatic carbocycles. The van der Waals surface area contributed by atoms with Crippen molar-refractivity contribution in [1.82, 2.24) is 4.90 Å². The van der Waals surface area contributed by atoms with Gasteiger partial charge in [0.2, 0.25) is 0 Å². The molecule has 0 N–H and O–H groups in total. The second-order valence-corrected chi connectivity index (χ2v) is 3.98. The predicted molar refractivity (Wildman–Crippen MR) is 64.7 cm³/mol. The summed E-state index contributed by atoms with van der Waals surface area (Å²) in [6.07, 6.45) is -4.18. The number of nitrogens with zero attached hydrogens (tertiary/aromatic N) is 1. The molecule has 0 saturated carbocycles. The molecule has 5 heteroatoms. The largest absolute Gasteiger partial charge is 0.488 e. The highest BCUT2D eigenvalue weighted by atomic mass is 19.4. The lowest BCUT2D eigenvalue weighted by molar-refractivity contribution is -0.137. The highest BCUT2D eigenvalue weighted by Gasteiger charge is 2.30. The fourth-order valence-corrected chi connectivity index (χ4v) is 1.63. The van der Waals surface area contributed by atoms with Crippen molar-refractivity contribution >= 4 is 0 Å². The smallest absolute Gasteiger partial charge is 0.416 e. The molecule has 1 aliphatic heterocycles. The van der Waals surface area contributed by atoms with Gasteiger partial charge in [0, 0.05) is 13.1 Å². The molecule has 0 spiro atoms. The SMILES string of the molecule is CC.CN1CC(Oc2ccc(C(F)(F)F)cc2)C1. The lowest BCUT2D eigenvalue weighted by atomic mass is 10.2. The molecule has 1 aromatic rings. The minimum absolute atomic E-state index is 0.0988. The molecular formula is C13H18F3NO. The first-order valence-electron chi connectivity index (χ1n) is 5.97. The van der Waals surface area contributed by atoms with Crippen molar-refractivity contribution in [2.75, 3.05) is 20.1 Å². The standard InChI is InChI=1S/C11H12F3NO.C2H6/c1-15-6-10(7-15)16-9-4-2-8(3-5-9)11(12,13)14;1-2/h2-5,10H,6-7H2,1H3;1-2H3. The summed E-state index contributed by atoms with van der Waals surface area (Å²) in [5.41, 5.74) is -0.648. The van der Waals surface area contributed by atoms with E-state index < -0.39 is 11.7 Å². The van der Waals surface area contributed by atoms with Crippen LogP contribution in [-0.4, -0.2) is 31.1 Å². The fourth-order valence-electron chi connectivity index (χ4n) is 1.63. The molecule has 1 saturated heterocycles. The Labute approximate surface area is 105 Å². The molecule has 0 unspecified atom stereocenters. The molecule has 0 bridgehead atoms. The number of halogens is 3. The van der Waals surface area contributed by atoms with Crippen LogP contribution in [0.3, 0.4) is 0 Å². The number of benzene rings is 1. The first-order chi connectivity index (χ1) is 8.45. The number of hydrogen-bond donors (Lipinski definition) is 0. The Bertz CT molecular complexity index is 355. The van der Waals surface area contributed by atoms with E-state index in [0.717, 1.165) is 25.2 Å². The Morgan fingerprint density at radius 1 is 1.11 bits per heavy atom. The second kappa shape index (κ2) is 6.09. The average molecular weight is 261 g/mol. The van der Waals surface area contributed by atoms with E-state index in [1.807, 2.05) is 20.9 Å². The van der Waals surface area contributed by atoms with Crippen LogP contribution in [0.1, 0.15) is 19.4 Å². The summed E-state index contributed by atoms with van der Waals surface area (Å²) >= 11 is 0. The third kappa shape index (κ3) is 3.91. The van der Waals surface area contributed by atoms with Gasteiger partial charge in [-0.15, -0.1) is 0 Å². The summed E-state index contributed by atoms with van der Waals surface area (Å²) in [7, 11) is 1.96. The number of likely N-dealkylation sites (tertiary alicyclic amines) is 1. The summed E-state index contributed by atoms with van der Waals surface area (Å²) in [6, 6.07) is 4.80. The van der Waals surface area contributed by atoms with Crippen molar-refractivity contribution in [3.05, 3.63) is 29.8 Å². The van der Waals surface area contributed by atoms with E-state index in [9.17, 15) is 13.2 Å². The summed E-state index contributed by atoms with van der Waals surface area (Å²) in [5.74, 6) is 0.492. The van der Waals surface area contributed by atoms with Crippen LogP contribution in [0.5, 0.6) is 5.75 Å².